The van der Waals surface area contributed by atoms with Crippen LogP contribution in [-0.2, 0) is 14.2 Å². The Kier molecular flexibility index (Phi) is 4.07. The minimum absolute atomic E-state index is 0.406. The second kappa shape index (κ2) is 6.51. The summed E-state index contributed by atoms with van der Waals surface area (Å²) in [5, 5.41) is 0. The molecule has 1 atom stereocenters. The second-order valence-corrected chi connectivity index (χ2v) is 5.65. The van der Waals surface area contributed by atoms with Crippen molar-refractivity contribution in [1.29, 1.82) is 0 Å². The summed E-state index contributed by atoms with van der Waals surface area (Å²) >= 11 is 0. The number of para-hydroxylation sites is 2. The van der Waals surface area contributed by atoms with Crippen LogP contribution in [-0.4, -0.2) is 25.6 Å². The maximum atomic E-state index is 5.98. The van der Waals surface area contributed by atoms with Gasteiger partial charge in [-0.05, 0) is 36.4 Å². The monoisotopic (exact) mass is 322 g/mol. The predicted molar refractivity (Wildman–Crippen MR) is 90.7 cm³/mol. The average Bonchev–Trinajstić information content (AvgIpc) is 3.00. The summed E-state index contributed by atoms with van der Waals surface area (Å²) in [6.07, 6.45) is 5.76. The molecule has 1 unspecified atom stereocenters. The minimum atomic E-state index is -0.778. The zero-order chi connectivity index (χ0) is 16.2. The van der Waals surface area contributed by atoms with Gasteiger partial charge in [0.2, 0.25) is 0 Å². The topological polar surface area (TPSA) is 36.9 Å². The van der Waals surface area contributed by atoms with Crippen LogP contribution in [0.4, 0.5) is 0 Å². The molecule has 2 aliphatic rings. The SMILES string of the molecule is C1=CC2(COCCO2)O/C1=C/c1ccccc1Oc1ccccc1. The van der Waals surface area contributed by atoms with Gasteiger partial charge in [0.15, 0.2) is 0 Å². The van der Waals surface area contributed by atoms with Crippen LogP contribution >= 0.6 is 0 Å². The van der Waals surface area contributed by atoms with E-state index in [2.05, 4.69) is 0 Å². The van der Waals surface area contributed by atoms with Crippen molar-refractivity contribution in [2.45, 2.75) is 5.79 Å². The van der Waals surface area contributed by atoms with Gasteiger partial charge in [0.25, 0.3) is 5.79 Å². The molecule has 4 heteroatoms. The van der Waals surface area contributed by atoms with Crippen molar-refractivity contribution in [3.05, 3.63) is 78.1 Å². The molecule has 4 rings (SSSR count). The van der Waals surface area contributed by atoms with Crippen LogP contribution < -0.4 is 4.74 Å². The molecule has 4 nitrogen and oxygen atoms in total. The van der Waals surface area contributed by atoms with Crippen molar-refractivity contribution >= 4 is 6.08 Å². The van der Waals surface area contributed by atoms with Gasteiger partial charge in [0.05, 0.1) is 13.2 Å². The Bertz CT molecular complexity index is 758. The van der Waals surface area contributed by atoms with Gasteiger partial charge >= 0.3 is 0 Å². The number of hydrogen-bond donors (Lipinski definition) is 0. The van der Waals surface area contributed by atoms with Gasteiger partial charge < -0.3 is 18.9 Å². The fraction of sp³-hybridized carbons (Fsp3) is 0.200. The molecule has 2 heterocycles. The molecule has 0 radical (unpaired) electrons. The van der Waals surface area contributed by atoms with Crippen LogP contribution in [0.1, 0.15) is 5.56 Å². The number of ether oxygens (including phenoxy) is 4. The highest BCUT2D eigenvalue weighted by atomic mass is 16.7. The highest BCUT2D eigenvalue weighted by Crippen LogP contribution is 2.33. The van der Waals surface area contributed by atoms with Crippen LogP contribution in [0.5, 0.6) is 11.5 Å². The Balaban J connectivity index is 1.56. The van der Waals surface area contributed by atoms with Crippen molar-refractivity contribution in [2.24, 2.45) is 0 Å². The maximum Gasteiger partial charge on any atom is 0.254 e. The smallest absolute Gasteiger partial charge is 0.254 e. The summed E-state index contributed by atoms with van der Waals surface area (Å²) in [5.74, 6) is 1.52. The molecule has 24 heavy (non-hydrogen) atoms. The quantitative estimate of drug-likeness (QED) is 0.851. The van der Waals surface area contributed by atoms with E-state index in [9.17, 15) is 0 Å². The molecule has 0 N–H and O–H groups in total. The van der Waals surface area contributed by atoms with Gasteiger partial charge in [0, 0.05) is 5.56 Å². The Morgan fingerprint density at radius 2 is 1.79 bits per heavy atom. The predicted octanol–water partition coefficient (Wildman–Crippen LogP) is 4.15. The van der Waals surface area contributed by atoms with E-state index >= 15 is 0 Å². The number of hydrogen-bond acceptors (Lipinski definition) is 4. The van der Waals surface area contributed by atoms with E-state index in [-0.39, 0.29) is 0 Å². The number of allylic oxidation sites excluding steroid dienone is 1. The van der Waals surface area contributed by atoms with Gasteiger partial charge in [-0.15, -0.1) is 0 Å². The van der Waals surface area contributed by atoms with Crippen LogP contribution in [0, 0.1) is 0 Å². The third kappa shape index (κ3) is 3.20. The zero-order valence-corrected chi connectivity index (χ0v) is 13.2. The molecule has 2 aliphatic heterocycles. The molecule has 0 aromatic heterocycles. The molecule has 1 spiro atoms. The first kappa shape index (κ1) is 15.0. The summed E-state index contributed by atoms with van der Waals surface area (Å²) in [5.41, 5.74) is 0.940. The fourth-order valence-corrected chi connectivity index (χ4v) is 2.70. The van der Waals surface area contributed by atoms with Gasteiger partial charge in [-0.1, -0.05) is 36.4 Å². The molecule has 0 aliphatic carbocycles. The van der Waals surface area contributed by atoms with E-state index in [0.717, 1.165) is 22.8 Å². The van der Waals surface area contributed by atoms with Crippen molar-refractivity contribution in [3.63, 3.8) is 0 Å². The zero-order valence-electron chi connectivity index (χ0n) is 13.2. The lowest BCUT2D eigenvalue weighted by atomic mass is 10.1. The van der Waals surface area contributed by atoms with E-state index in [1.807, 2.05) is 72.8 Å². The van der Waals surface area contributed by atoms with Crippen molar-refractivity contribution in [1.82, 2.24) is 0 Å². The van der Waals surface area contributed by atoms with Gasteiger partial charge in [0.1, 0.15) is 23.9 Å². The minimum Gasteiger partial charge on any atom is -0.457 e. The molecule has 0 amide bonds. The average molecular weight is 322 g/mol. The third-order valence-corrected chi connectivity index (χ3v) is 3.86. The molecule has 2 aromatic rings. The van der Waals surface area contributed by atoms with Crippen molar-refractivity contribution in [2.75, 3.05) is 19.8 Å². The molecular formula is C20H18O4. The van der Waals surface area contributed by atoms with Gasteiger partial charge in [-0.25, -0.2) is 0 Å². The van der Waals surface area contributed by atoms with Gasteiger partial charge in [-0.3, -0.25) is 0 Å². The summed E-state index contributed by atoms with van der Waals surface area (Å²) in [7, 11) is 0. The molecule has 0 bridgehead atoms. The van der Waals surface area contributed by atoms with Crippen molar-refractivity contribution < 1.29 is 18.9 Å². The number of rotatable bonds is 3. The lowest BCUT2D eigenvalue weighted by Gasteiger charge is -2.31. The Labute approximate surface area is 140 Å². The van der Waals surface area contributed by atoms with E-state index in [4.69, 9.17) is 18.9 Å². The lowest BCUT2D eigenvalue weighted by molar-refractivity contribution is -0.239. The number of benzene rings is 2. The second-order valence-electron chi connectivity index (χ2n) is 5.65. The van der Waals surface area contributed by atoms with E-state index in [0.29, 0.717) is 19.8 Å². The Morgan fingerprint density at radius 1 is 0.958 bits per heavy atom. The normalized spacial score (nSPS) is 24.2. The lowest BCUT2D eigenvalue weighted by Crippen LogP contribution is -2.41. The van der Waals surface area contributed by atoms with E-state index in [1.165, 1.54) is 0 Å². The Hall–Kier alpha value is -2.56. The van der Waals surface area contributed by atoms with Crippen molar-refractivity contribution in [3.8, 4) is 11.5 Å². The van der Waals surface area contributed by atoms with E-state index in [1.54, 1.807) is 0 Å². The molecule has 2 aromatic carbocycles. The highest BCUT2D eigenvalue weighted by molar-refractivity contribution is 5.62. The fourth-order valence-electron chi connectivity index (χ4n) is 2.70. The summed E-state index contributed by atoms with van der Waals surface area (Å²) < 4.78 is 23.1. The first-order valence-corrected chi connectivity index (χ1v) is 7.97. The van der Waals surface area contributed by atoms with Crippen LogP contribution in [0.3, 0.4) is 0 Å². The van der Waals surface area contributed by atoms with Crippen LogP contribution in [0.25, 0.3) is 6.08 Å². The van der Waals surface area contributed by atoms with Crippen LogP contribution in [0.15, 0.2) is 72.5 Å². The standard InChI is InChI=1S/C20H18O4/c1-2-7-17(8-3-1)23-19-9-5-4-6-16(19)14-18-10-11-20(24-18)15-21-12-13-22-20/h1-11,14H,12-13,15H2/b18-14+. The first-order chi connectivity index (χ1) is 11.8. The first-order valence-electron chi connectivity index (χ1n) is 7.97. The highest BCUT2D eigenvalue weighted by Gasteiger charge is 2.37. The Morgan fingerprint density at radius 3 is 2.62 bits per heavy atom. The summed E-state index contributed by atoms with van der Waals surface area (Å²) in [6.45, 7) is 1.54. The molecule has 1 fully saturated rings. The maximum absolute atomic E-state index is 5.98. The molecule has 1 saturated heterocycles. The van der Waals surface area contributed by atoms with Crippen LogP contribution in [0.2, 0.25) is 0 Å². The van der Waals surface area contributed by atoms with E-state index < -0.39 is 5.79 Å². The molecule has 0 saturated carbocycles. The third-order valence-electron chi connectivity index (χ3n) is 3.86. The molecule has 122 valence electrons. The summed E-state index contributed by atoms with van der Waals surface area (Å²) in [6, 6.07) is 17.6. The summed E-state index contributed by atoms with van der Waals surface area (Å²) in [4.78, 5) is 0. The van der Waals surface area contributed by atoms with Gasteiger partial charge in [-0.2, -0.15) is 0 Å². The molecular weight excluding hydrogens is 304 g/mol. The largest absolute Gasteiger partial charge is 0.457 e.